The maximum Gasteiger partial charge on any atom is 0.281 e. The van der Waals surface area contributed by atoms with Crippen molar-refractivity contribution < 1.29 is 21.2 Å². The maximum absolute atomic E-state index is 13.1. The summed E-state index contributed by atoms with van der Waals surface area (Å²) in [5.74, 6) is -0.658. The van der Waals surface area contributed by atoms with Crippen LogP contribution < -0.4 is 4.72 Å². The van der Waals surface area contributed by atoms with Crippen LogP contribution in [0.15, 0.2) is 23.1 Å². The Morgan fingerprint density at radius 1 is 1.24 bits per heavy atom. The van der Waals surface area contributed by atoms with Gasteiger partial charge in [0.2, 0.25) is 10.0 Å². The minimum Gasteiger partial charge on any atom is -0.211 e. The van der Waals surface area contributed by atoms with Gasteiger partial charge in [0.25, 0.3) is 10.2 Å². The molecule has 2 rings (SSSR count). The van der Waals surface area contributed by atoms with Gasteiger partial charge in [-0.25, -0.2) is 17.5 Å². The molecule has 142 valence electrons. The highest BCUT2D eigenvalue weighted by molar-refractivity contribution is 7.89. The Kier molecular flexibility index (Phi) is 6.45. The van der Waals surface area contributed by atoms with E-state index in [0.717, 1.165) is 22.5 Å². The molecule has 1 saturated heterocycles. The number of piperidine rings is 1. The zero-order valence-electron chi connectivity index (χ0n) is 13.9. The minimum absolute atomic E-state index is 0.0271. The van der Waals surface area contributed by atoms with Gasteiger partial charge in [0.1, 0.15) is 5.82 Å². The highest BCUT2D eigenvalue weighted by atomic mass is 35.5. The van der Waals surface area contributed by atoms with Crippen LogP contribution in [0.1, 0.15) is 12.8 Å². The molecule has 1 aliphatic heterocycles. The third-order valence-electron chi connectivity index (χ3n) is 4.12. The molecule has 1 aromatic rings. The molecular weight excluding hydrogens is 393 g/mol. The number of rotatable bonds is 6. The molecule has 0 saturated carbocycles. The molecule has 0 radical (unpaired) electrons. The minimum atomic E-state index is -3.80. The monoisotopic (exact) mass is 413 g/mol. The fraction of sp³-hybridized carbons (Fsp3) is 0.571. The average molecular weight is 414 g/mol. The Morgan fingerprint density at radius 2 is 1.84 bits per heavy atom. The first-order valence-corrected chi connectivity index (χ1v) is 10.9. The van der Waals surface area contributed by atoms with Crippen molar-refractivity contribution in [1.82, 2.24) is 13.3 Å². The zero-order chi connectivity index (χ0) is 18.8. The van der Waals surface area contributed by atoms with E-state index >= 15 is 0 Å². The summed E-state index contributed by atoms with van der Waals surface area (Å²) in [6, 6.07) is 3.21. The number of nitrogens with zero attached hydrogens (tertiary/aromatic N) is 2. The summed E-state index contributed by atoms with van der Waals surface area (Å²) in [5.41, 5.74) is 0. The average Bonchev–Trinajstić information content (AvgIpc) is 2.55. The van der Waals surface area contributed by atoms with Crippen molar-refractivity contribution in [2.75, 3.05) is 33.7 Å². The predicted molar refractivity (Wildman–Crippen MR) is 93.5 cm³/mol. The van der Waals surface area contributed by atoms with Crippen molar-refractivity contribution in [3.8, 4) is 0 Å². The first-order valence-electron chi connectivity index (χ1n) is 7.66. The molecule has 0 aliphatic carbocycles. The molecule has 1 aromatic carbocycles. The standard InChI is InChI=1S/C14H21ClFN3O4S2/c1-18(2)25(22,23)19-7-5-11(6-8-19)10-17-24(20,21)12-3-4-14(16)13(15)9-12/h3-4,9,11,17H,5-8,10H2,1-2H3. The van der Waals surface area contributed by atoms with Crippen LogP contribution in [-0.2, 0) is 20.2 Å². The molecule has 1 aliphatic rings. The van der Waals surface area contributed by atoms with E-state index in [1.165, 1.54) is 18.4 Å². The molecule has 0 spiro atoms. The number of nitrogens with one attached hydrogen (secondary N) is 1. The van der Waals surface area contributed by atoms with Crippen molar-refractivity contribution >= 4 is 31.8 Å². The molecule has 1 heterocycles. The Labute approximate surface area is 153 Å². The number of hydrogen-bond acceptors (Lipinski definition) is 4. The van der Waals surface area contributed by atoms with E-state index in [1.807, 2.05) is 0 Å². The molecule has 7 nitrogen and oxygen atoms in total. The second-order valence-electron chi connectivity index (χ2n) is 6.06. The third-order valence-corrected chi connectivity index (χ3v) is 7.78. The Morgan fingerprint density at radius 3 is 2.36 bits per heavy atom. The van der Waals surface area contributed by atoms with Gasteiger partial charge in [-0.3, -0.25) is 0 Å². The molecule has 25 heavy (non-hydrogen) atoms. The SMILES string of the molecule is CN(C)S(=O)(=O)N1CCC(CNS(=O)(=O)c2ccc(F)c(Cl)c2)CC1. The summed E-state index contributed by atoms with van der Waals surface area (Å²) in [6.07, 6.45) is 1.11. The normalized spacial score (nSPS) is 18.0. The van der Waals surface area contributed by atoms with Gasteiger partial charge in [0.15, 0.2) is 0 Å². The highest BCUT2D eigenvalue weighted by Gasteiger charge is 2.30. The van der Waals surface area contributed by atoms with Crippen LogP contribution in [-0.4, -0.2) is 59.2 Å². The zero-order valence-corrected chi connectivity index (χ0v) is 16.3. The van der Waals surface area contributed by atoms with Gasteiger partial charge in [0.05, 0.1) is 9.92 Å². The lowest BCUT2D eigenvalue weighted by atomic mass is 9.99. The lowest BCUT2D eigenvalue weighted by Crippen LogP contribution is -2.45. The smallest absolute Gasteiger partial charge is 0.211 e. The highest BCUT2D eigenvalue weighted by Crippen LogP contribution is 2.22. The van der Waals surface area contributed by atoms with Crippen LogP contribution in [0.25, 0.3) is 0 Å². The number of hydrogen-bond donors (Lipinski definition) is 1. The van der Waals surface area contributed by atoms with Crippen molar-refractivity contribution in [1.29, 1.82) is 0 Å². The molecule has 0 atom stereocenters. The molecule has 1 fully saturated rings. The number of benzene rings is 1. The molecule has 0 amide bonds. The van der Waals surface area contributed by atoms with E-state index in [2.05, 4.69) is 4.72 Å². The Bertz CT molecular complexity index is 822. The molecule has 0 unspecified atom stereocenters. The van der Waals surface area contributed by atoms with Crippen molar-refractivity contribution in [2.45, 2.75) is 17.7 Å². The number of halogens is 2. The van der Waals surface area contributed by atoms with Gasteiger partial charge in [-0.1, -0.05) is 11.6 Å². The summed E-state index contributed by atoms with van der Waals surface area (Å²) in [5, 5.41) is -0.259. The molecule has 0 aromatic heterocycles. The van der Waals surface area contributed by atoms with E-state index in [-0.39, 0.29) is 22.4 Å². The largest absolute Gasteiger partial charge is 0.281 e. The molecule has 1 N–H and O–H groups in total. The second-order valence-corrected chi connectivity index (χ2v) is 10.4. The van der Waals surface area contributed by atoms with Crippen molar-refractivity contribution in [3.05, 3.63) is 29.0 Å². The van der Waals surface area contributed by atoms with Crippen molar-refractivity contribution in [2.24, 2.45) is 5.92 Å². The van der Waals surface area contributed by atoms with E-state index in [9.17, 15) is 21.2 Å². The van der Waals surface area contributed by atoms with Crippen LogP contribution in [0.3, 0.4) is 0 Å². The van der Waals surface area contributed by atoms with E-state index in [0.29, 0.717) is 25.9 Å². The van der Waals surface area contributed by atoms with Crippen LogP contribution in [0.4, 0.5) is 4.39 Å². The van der Waals surface area contributed by atoms with Crippen molar-refractivity contribution in [3.63, 3.8) is 0 Å². The molecule has 11 heteroatoms. The summed E-state index contributed by atoms with van der Waals surface area (Å²) >= 11 is 5.62. The van der Waals surface area contributed by atoms with Crippen LogP contribution in [0, 0.1) is 11.7 Å². The van der Waals surface area contributed by atoms with Gasteiger partial charge >= 0.3 is 0 Å². The summed E-state index contributed by atoms with van der Waals surface area (Å²) in [4.78, 5) is -0.105. The number of sulfonamides is 1. The van der Waals surface area contributed by atoms with Gasteiger partial charge < -0.3 is 0 Å². The molecule has 0 bridgehead atoms. The van der Waals surface area contributed by atoms with Gasteiger partial charge in [-0.05, 0) is 37.0 Å². The summed E-state index contributed by atoms with van der Waals surface area (Å²) in [6.45, 7) is 0.873. The first kappa shape index (κ1) is 20.5. The maximum atomic E-state index is 13.1. The summed E-state index contributed by atoms with van der Waals surface area (Å²) < 4.78 is 66.8. The Hall–Kier alpha value is -0.780. The van der Waals surface area contributed by atoms with E-state index in [1.54, 1.807) is 0 Å². The van der Waals surface area contributed by atoms with Crippen LogP contribution in [0.2, 0.25) is 5.02 Å². The second kappa shape index (κ2) is 7.85. The fourth-order valence-electron chi connectivity index (χ4n) is 2.53. The van der Waals surface area contributed by atoms with E-state index < -0.39 is 26.0 Å². The molecular formula is C14H21ClFN3O4S2. The first-order chi connectivity index (χ1) is 11.5. The quantitative estimate of drug-likeness (QED) is 0.761. The van der Waals surface area contributed by atoms with Gasteiger partial charge in [-0.2, -0.15) is 17.0 Å². The fourth-order valence-corrected chi connectivity index (χ4v) is 5.05. The lowest BCUT2D eigenvalue weighted by molar-refractivity contribution is 0.263. The van der Waals surface area contributed by atoms with Gasteiger partial charge in [-0.15, -0.1) is 0 Å². The van der Waals surface area contributed by atoms with Crippen LogP contribution in [0.5, 0.6) is 0 Å². The lowest BCUT2D eigenvalue weighted by Gasteiger charge is -2.32. The predicted octanol–water partition coefficient (Wildman–Crippen LogP) is 1.28. The van der Waals surface area contributed by atoms with Crippen LogP contribution >= 0.6 is 11.6 Å². The third kappa shape index (κ3) is 4.89. The summed E-state index contributed by atoms with van der Waals surface area (Å²) in [7, 11) is -4.29. The van der Waals surface area contributed by atoms with Gasteiger partial charge in [0, 0.05) is 33.7 Å². The Balaban J connectivity index is 1.93. The topological polar surface area (TPSA) is 86.8 Å². The van der Waals surface area contributed by atoms with E-state index in [4.69, 9.17) is 11.6 Å².